The molecule has 0 unspecified atom stereocenters. The van der Waals surface area contributed by atoms with Gasteiger partial charge < -0.3 is 10.2 Å². The fourth-order valence-corrected chi connectivity index (χ4v) is 2.32. The van der Waals surface area contributed by atoms with E-state index in [9.17, 15) is 4.79 Å². The van der Waals surface area contributed by atoms with Crippen LogP contribution >= 0.6 is 0 Å². The number of aromatic nitrogens is 3. The number of hydrogen-bond donors (Lipinski definition) is 1. The van der Waals surface area contributed by atoms with E-state index in [0.29, 0.717) is 12.1 Å². The molecule has 0 aliphatic carbocycles. The van der Waals surface area contributed by atoms with Crippen molar-refractivity contribution in [3.63, 3.8) is 0 Å². The second kappa shape index (κ2) is 7.41. The molecule has 122 valence electrons. The highest BCUT2D eigenvalue weighted by Crippen LogP contribution is 2.10. The van der Waals surface area contributed by atoms with Crippen LogP contribution in [0.2, 0.25) is 0 Å². The fraction of sp³-hybridized carbons (Fsp3) is 0.167. The van der Waals surface area contributed by atoms with E-state index in [0.717, 1.165) is 18.1 Å². The zero-order valence-electron chi connectivity index (χ0n) is 13.5. The molecule has 2 heterocycles. The Labute approximate surface area is 140 Å². The van der Waals surface area contributed by atoms with Gasteiger partial charge >= 0.3 is 0 Å². The van der Waals surface area contributed by atoms with Crippen LogP contribution in [0.5, 0.6) is 0 Å². The van der Waals surface area contributed by atoms with Crippen LogP contribution in [0.4, 0.5) is 5.69 Å². The van der Waals surface area contributed by atoms with Crippen LogP contribution in [0.1, 0.15) is 10.4 Å². The molecule has 24 heavy (non-hydrogen) atoms. The van der Waals surface area contributed by atoms with E-state index >= 15 is 0 Å². The summed E-state index contributed by atoms with van der Waals surface area (Å²) in [6, 6.07) is 13.6. The lowest BCUT2D eigenvalue weighted by Gasteiger charge is -2.19. The molecule has 0 atom stereocenters. The maximum Gasteiger partial charge on any atom is 0.252 e. The molecule has 3 rings (SSSR count). The van der Waals surface area contributed by atoms with E-state index in [4.69, 9.17) is 0 Å². The Bertz CT molecular complexity index is 769. The van der Waals surface area contributed by atoms with Gasteiger partial charge in [-0.25, -0.2) is 9.97 Å². The minimum atomic E-state index is -0.124. The van der Waals surface area contributed by atoms with E-state index in [1.165, 1.54) is 0 Å². The van der Waals surface area contributed by atoms with Crippen molar-refractivity contribution in [1.82, 2.24) is 19.9 Å². The molecule has 0 radical (unpaired) electrons. The van der Waals surface area contributed by atoms with Gasteiger partial charge in [0.05, 0.1) is 5.56 Å². The number of benzene rings is 1. The first-order valence-corrected chi connectivity index (χ1v) is 7.73. The molecule has 1 N–H and O–H groups in total. The normalized spacial score (nSPS) is 10.4. The number of likely N-dealkylation sites (N-methyl/N-ethyl adjacent to an activating group) is 1. The first kappa shape index (κ1) is 15.7. The molecular weight excluding hydrogens is 302 g/mol. The third kappa shape index (κ3) is 3.78. The maximum absolute atomic E-state index is 12.2. The number of carbonyl (C=O) groups excluding carboxylic acids is 1. The number of anilines is 1. The van der Waals surface area contributed by atoms with Crippen LogP contribution in [-0.4, -0.2) is 40.6 Å². The molecule has 6 nitrogen and oxygen atoms in total. The number of nitrogens with zero attached hydrogens (tertiary/aromatic N) is 4. The van der Waals surface area contributed by atoms with Gasteiger partial charge in [-0.05, 0) is 24.3 Å². The van der Waals surface area contributed by atoms with E-state index in [1.807, 2.05) is 43.6 Å². The Balaban J connectivity index is 1.52. The molecular formula is C18H19N5O. The van der Waals surface area contributed by atoms with Crippen molar-refractivity contribution < 1.29 is 4.79 Å². The van der Waals surface area contributed by atoms with Crippen molar-refractivity contribution in [3.05, 3.63) is 72.9 Å². The summed E-state index contributed by atoms with van der Waals surface area (Å²) in [4.78, 5) is 22.5. The molecule has 1 aromatic carbocycles. The number of pyridine rings is 1. The van der Waals surface area contributed by atoms with Crippen molar-refractivity contribution in [1.29, 1.82) is 0 Å². The largest absolute Gasteiger partial charge is 0.373 e. The van der Waals surface area contributed by atoms with Crippen molar-refractivity contribution in [3.8, 4) is 5.82 Å². The summed E-state index contributed by atoms with van der Waals surface area (Å²) < 4.78 is 1.79. The van der Waals surface area contributed by atoms with E-state index < -0.39 is 0 Å². The SMILES string of the molecule is CN(CCNC(=O)c1ccc(-n2ccnc2)nc1)c1ccccc1. The maximum atomic E-state index is 12.2. The summed E-state index contributed by atoms with van der Waals surface area (Å²) in [7, 11) is 2.00. The topological polar surface area (TPSA) is 63.1 Å². The molecule has 0 saturated carbocycles. The fourth-order valence-electron chi connectivity index (χ4n) is 2.32. The van der Waals surface area contributed by atoms with Crippen LogP contribution in [0.25, 0.3) is 5.82 Å². The summed E-state index contributed by atoms with van der Waals surface area (Å²) >= 11 is 0. The third-order valence-corrected chi connectivity index (χ3v) is 3.71. The average Bonchev–Trinajstić information content (AvgIpc) is 3.17. The summed E-state index contributed by atoms with van der Waals surface area (Å²) in [5, 5.41) is 2.91. The molecule has 0 bridgehead atoms. The van der Waals surface area contributed by atoms with Crippen molar-refractivity contribution in [2.45, 2.75) is 0 Å². The number of nitrogens with one attached hydrogen (secondary N) is 1. The van der Waals surface area contributed by atoms with Gasteiger partial charge in [0, 0.05) is 44.4 Å². The zero-order valence-corrected chi connectivity index (χ0v) is 13.5. The van der Waals surface area contributed by atoms with Crippen LogP contribution in [0, 0.1) is 0 Å². The van der Waals surface area contributed by atoms with E-state index in [2.05, 4.69) is 20.2 Å². The average molecular weight is 321 g/mol. The zero-order chi connectivity index (χ0) is 16.8. The highest BCUT2D eigenvalue weighted by molar-refractivity contribution is 5.93. The van der Waals surface area contributed by atoms with Gasteiger partial charge in [-0.15, -0.1) is 0 Å². The molecule has 2 aromatic heterocycles. The Hall–Kier alpha value is -3.15. The first-order chi connectivity index (χ1) is 11.7. The Morgan fingerprint density at radius 2 is 2.04 bits per heavy atom. The van der Waals surface area contributed by atoms with Crippen LogP contribution in [0.3, 0.4) is 0 Å². The Kier molecular flexibility index (Phi) is 4.86. The van der Waals surface area contributed by atoms with Gasteiger partial charge in [-0.3, -0.25) is 9.36 Å². The lowest BCUT2D eigenvalue weighted by atomic mass is 10.2. The van der Waals surface area contributed by atoms with Gasteiger partial charge in [0.1, 0.15) is 12.1 Å². The van der Waals surface area contributed by atoms with Gasteiger partial charge in [0.2, 0.25) is 0 Å². The number of hydrogen-bond acceptors (Lipinski definition) is 4. The van der Waals surface area contributed by atoms with E-state index in [1.54, 1.807) is 35.4 Å². The predicted octanol–water partition coefficient (Wildman–Crippen LogP) is 2.13. The minimum Gasteiger partial charge on any atom is -0.373 e. The first-order valence-electron chi connectivity index (χ1n) is 7.73. The molecule has 0 spiro atoms. The van der Waals surface area contributed by atoms with Crippen molar-refractivity contribution in [2.75, 3.05) is 25.0 Å². The number of para-hydroxylation sites is 1. The lowest BCUT2D eigenvalue weighted by molar-refractivity contribution is 0.0954. The molecule has 3 aromatic rings. The second-order valence-electron chi connectivity index (χ2n) is 5.39. The molecule has 0 fully saturated rings. The summed E-state index contributed by atoms with van der Waals surface area (Å²) in [6.07, 6.45) is 6.74. The van der Waals surface area contributed by atoms with E-state index in [-0.39, 0.29) is 5.91 Å². The van der Waals surface area contributed by atoms with Gasteiger partial charge in [-0.1, -0.05) is 18.2 Å². The minimum absolute atomic E-state index is 0.124. The molecule has 0 saturated heterocycles. The summed E-state index contributed by atoms with van der Waals surface area (Å²) in [6.45, 7) is 1.30. The molecule has 1 amide bonds. The number of rotatable bonds is 6. The molecule has 0 aliphatic rings. The van der Waals surface area contributed by atoms with Gasteiger partial charge in [0.25, 0.3) is 5.91 Å². The van der Waals surface area contributed by atoms with Crippen molar-refractivity contribution >= 4 is 11.6 Å². The number of imidazole rings is 1. The predicted molar refractivity (Wildman–Crippen MR) is 93.4 cm³/mol. The molecule has 6 heteroatoms. The number of carbonyl (C=O) groups is 1. The van der Waals surface area contributed by atoms with Crippen LogP contribution in [-0.2, 0) is 0 Å². The third-order valence-electron chi connectivity index (χ3n) is 3.71. The van der Waals surface area contributed by atoms with Gasteiger partial charge in [-0.2, -0.15) is 0 Å². The summed E-state index contributed by atoms with van der Waals surface area (Å²) in [5.74, 6) is 0.606. The van der Waals surface area contributed by atoms with Crippen LogP contribution in [0.15, 0.2) is 67.4 Å². The van der Waals surface area contributed by atoms with Crippen LogP contribution < -0.4 is 10.2 Å². The highest BCUT2D eigenvalue weighted by Gasteiger charge is 2.07. The lowest BCUT2D eigenvalue weighted by Crippen LogP contribution is -2.33. The standard InChI is InChI=1S/C18H19N5O/c1-22(16-5-3-2-4-6-16)11-10-20-18(24)15-7-8-17(21-13-15)23-12-9-19-14-23/h2-9,12-14H,10-11H2,1H3,(H,20,24). The number of amides is 1. The van der Waals surface area contributed by atoms with Crippen molar-refractivity contribution in [2.24, 2.45) is 0 Å². The highest BCUT2D eigenvalue weighted by atomic mass is 16.1. The quantitative estimate of drug-likeness (QED) is 0.755. The Morgan fingerprint density at radius 1 is 1.21 bits per heavy atom. The Morgan fingerprint density at radius 3 is 2.71 bits per heavy atom. The smallest absolute Gasteiger partial charge is 0.252 e. The molecule has 0 aliphatic heterocycles. The monoisotopic (exact) mass is 321 g/mol. The van der Waals surface area contributed by atoms with Gasteiger partial charge in [0.15, 0.2) is 0 Å². The summed E-state index contributed by atoms with van der Waals surface area (Å²) in [5.41, 5.74) is 1.67. The second-order valence-corrected chi connectivity index (χ2v) is 5.39.